The van der Waals surface area contributed by atoms with Crippen LogP contribution < -0.4 is 5.32 Å². The molecule has 2 aliphatic rings. The smallest absolute Gasteiger partial charge is 0.257 e. The number of amides is 1. The first-order chi connectivity index (χ1) is 13.6. The van der Waals surface area contributed by atoms with Gasteiger partial charge in [-0.25, -0.2) is 8.78 Å². The number of hydrogen-bond acceptors (Lipinski definition) is 4. The Morgan fingerprint density at radius 1 is 1.25 bits per heavy atom. The number of rotatable bonds is 5. The molecule has 2 aromatic rings. The molecule has 1 aromatic heterocycles. The number of aryl methyl sites for hydroxylation is 1. The molecule has 0 aliphatic carbocycles. The third kappa shape index (κ3) is 4.07. The molecule has 1 saturated heterocycles. The van der Waals surface area contributed by atoms with Gasteiger partial charge < -0.3 is 15.0 Å². The first-order valence-electron chi connectivity index (χ1n) is 9.68. The molecule has 1 N–H and O–H groups in total. The number of aromatic nitrogens is 2. The van der Waals surface area contributed by atoms with Crippen molar-refractivity contribution in [2.75, 3.05) is 32.8 Å². The molecule has 0 radical (unpaired) electrons. The van der Waals surface area contributed by atoms with E-state index in [-0.39, 0.29) is 12.5 Å². The number of benzene rings is 1. The highest BCUT2D eigenvalue weighted by atomic mass is 19.1. The van der Waals surface area contributed by atoms with Crippen molar-refractivity contribution in [2.45, 2.75) is 25.9 Å². The Bertz CT molecular complexity index is 849. The fourth-order valence-electron chi connectivity index (χ4n) is 3.88. The minimum Gasteiger partial charge on any atom is -0.378 e. The van der Waals surface area contributed by atoms with Crippen molar-refractivity contribution in [3.8, 4) is 0 Å². The van der Waals surface area contributed by atoms with E-state index < -0.39 is 11.6 Å². The van der Waals surface area contributed by atoms with Gasteiger partial charge in [0.15, 0.2) is 0 Å². The third-order valence-electron chi connectivity index (χ3n) is 5.46. The molecule has 2 aliphatic heterocycles. The molecule has 1 atom stereocenters. The van der Waals surface area contributed by atoms with E-state index in [9.17, 15) is 13.6 Å². The van der Waals surface area contributed by atoms with E-state index in [0.717, 1.165) is 37.2 Å². The summed E-state index contributed by atoms with van der Waals surface area (Å²) in [5, 5.41) is 7.61. The zero-order valence-electron chi connectivity index (χ0n) is 15.7. The largest absolute Gasteiger partial charge is 0.378 e. The summed E-state index contributed by atoms with van der Waals surface area (Å²) >= 11 is 0. The number of ether oxygens (including phenoxy) is 1. The molecule has 0 spiro atoms. The van der Waals surface area contributed by atoms with E-state index in [4.69, 9.17) is 4.74 Å². The van der Waals surface area contributed by atoms with Crippen LogP contribution in [0.2, 0.25) is 0 Å². The number of hydrogen-bond donors (Lipinski definition) is 1. The van der Waals surface area contributed by atoms with Crippen molar-refractivity contribution in [3.63, 3.8) is 0 Å². The van der Waals surface area contributed by atoms with Gasteiger partial charge in [-0.05, 0) is 43.5 Å². The number of nitrogens with one attached hydrogen (secondary N) is 1. The summed E-state index contributed by atoms with van der Waals surface area (Å²) in [5.41, 5.74) is 1.96. The van der Waals surface area contributed by atoms with Crippen molar-refractivity contribution >= 4 is 5.91 Å². The fraction of sp³-hybridized carbons (Fsp3) is 0.500. The number of carbonyl (C=O) groups is 1. The Kier molecular flexibility index (Phi) is 5.68. The van der Waals surface area contributed by atoms with Crippen molar-refractivity contribution in [1.82, 2.24) is 20.0 Å². The van der Waals surface area contributed by atoms with Gasteiger partial charge in [0.25, 0.3) is 5.91 Å². The highest BCUT2D eigenvalue weighted by Gasteiger charge is 2.28. The highest BCUT2D eigenvalue weighted by molar-refractivity contribution is 5.95. The van der Waals surface area contributed by atoms with Gasteiger partial charge in [0.1, 0.15) is 11.6 Å². The average molecular weight is 390 g/mol. The van der Waals surface area contributed by atoms with Gasteiger partial charge in [0, 0.05) is 31.7 Å². The standard InChI is InChI=1S/C20H24F2N4O2/c21-16-1-2-18(22)15(10-16)12-23-11-14-3-4-26-19(9-14)17(13-24-26)20(27)25-5-7-28-8-6-25/h1-2,10,13-14,23H,3-9,11-12H2. The fourth-order valence-corrected chi connectivity index (χ4v) is 3.88. The summed E-state index contributed by atoms with van der Waals surface area (Å²) < 4.78 is 34.3. The molecular weight excluding hydrogens is 366 g/mol. The molecule has 8 heteroatoms. The second-order valence-electron chi connectivity index (χ2n) is 7.36. The molecule has 150 valence electrons. The van der Waals surface area contributed by atoms with Crippen molar-refractivity contribution in [3.05, 3.63) is 52.9 Å². The quantitative estimate of drug-likeness (QED) is 0.848. The lowest BCUT2D eigenvalue weighted by Gasteiger charge is -2.28. The van der Waals surface area contributed by atoms with Gasteiger partial charge >= 0.3 is 0 Å². The Morgan fingerprint density at radius 3 is 2.89 bits per heavy atom. The summed E-state index contributed by atoms with van der Waals surface area (Å²) in [4.78, 5) is 14.6. The van der Waals surface area contributed by atoms with Crippen LogP contribution in [0.15, 0.2) is 24.4 Å². The molecule has 1 amide bonds. The van der Waals surface area contributed by atoms with Gasteiger partial charge in [-0.2, -0.15) is 5.10 Å². The zero-order chi connectivity index (χ0) is 19.5. The summed E-state index contributed by atoms with van der Waals surface area (Å²) in [5.74, 6) is -0.517. The van der Waals surface area contributed by atoms with Crippen LogP contribution in [0.5, 0.6) is 0 Å². The molecule has 4 rings (SSSR count). The van der Waals surface area contributed by atoms with Crippen LogP contribution in [0.25, 0.3) is 0 Å². The molecule has 3 heterocycles. The lowest BCUT2D eigenvalue weighted by Crippen LogP contribution is -2.41. The predicted molar refractivity (Wildman–Crippen MR) is 98.8 cm³/mol. The summed E-state index contributed by atoms with van der Waals surface area (Å²) in [7, 11) is 0. The predicted octanol–water partition coefficient (Wildman–Crippen LogP) is 1.99. The lowest BCUT2D eigenvalue weighted by molar-refractivity contribution is 0.0301. The van der Waals surface area contributed by atoms with E-state index in [1.807, 2.05) is 9.58 Å². The second-order valence-corrected chi connectivity index (χ2v) is 7.36. The zero-order valence-corrected chi connectivity index (χ0v) is 15.7. The molecular formula is C20H24F2N4O2. The number of carbonyl (C=O) groups excluding carboxylic acids is 1. The van der Waals surface area contributed by atoms with Gasteiger partial charge in [-0.3, -0.25) is 9.48 Å². The van der Waals surface area contributed by atoms with Crippen LogP contribution >= 0.6 is 0 Å². The van der Waals surface area contributed by atoms with E-state index in [1.165, 1.54) is 6.07 Å². The number of halogens is 2. The van der Waals surface area contributed by atoms with E-state index in [0.29, 0.717) is 49.9 Å². The van der Waals surface area contributed by atoms with Gasteiger partial charge in [-0.15, -0.1) is 0 Å². The van der Waals surface area contributed by atoms with Crippen molar-refractivity contribution < 1.29 is 18.3 Å². The van der Waals surface area contributed by atoms with E-state index in [2.05, 4.69) is 10.4 Å². The number of nitrogens with zero attached hydrogens (tertiary/aromatic N) is 3. The minimum atomic E-state index is -0.439. The first kappa shape index (κ1) is 19.0. The topological polar surface area (TPSA) is 59.4 Å². The Hall–Kier alpha value is -2.32. The molecule has 1 aromatic carbocycles. The van der Waals surface area contributed by atoms with Gasteiger partial charge in [0.05, 0.1) is 30.7 Å². The molecule has 28 heavy (non-hydrogen) atoms. The summed E-state index contributed by atoms with van der Waals surface area (Å²) in [6, 6.07) is 3.49. The van der Waals surface area contributed by atoms with E-state index >= 15 is 0 Å². The molecule has 0 bridgehead atoms. The Morgan fingerprint density at radius 2 is 2.07 bits per heavy atom. The number of morpholine rings is 1. The second kappa shape index (κ2) is 8.36. The maximum atomic E-state index is 13.7. The van der Waals surface area contributed by atoms with Crippen LogP contribution in [-0.2, 0) is 24.2 Å². The van der Waals surface area contributed by atoms with Crippen LogP contribution in [0, 0.1) is 17.6 Å². The highest BCUT2D eigenvalue weighted by Crippen LogP contribution is 2.24. The lowest BCUT2D eigenvalue weighted by atomic mass is 9.94. The molecule has 0 saturated carbocycles. The van der Waals surface area contributed by atoms with Gasteiger partial charge in [-0.1, -0.05) is 0 Å². The first-order valence-corrected chi connectivity index (χ1v) is 9.68. The monoisotopic (exact) mass is 390 g/mol. The van der Waals surface area contributed by atoms with Crippen LogP contribution in [0.1, 0.15) is 28.0 Å². The normalized spacial score (nSPS) is 19.5. The average Bonchev–Trinajstić information content (AvgIpc) is 3.14. The SMILES string of the molecule is O=C(c1cnn2c1CC(CNCc1cc(F)ccc1F)CC2)N1CCOCC1. The Balaban J connectivity index is 1.37. The minimum absolute atomic E-state index is 0.0139. The summed E-state index contributed by atoms with van der Waals surface area (Å²) in [6.07, 6.45) is 3.34. The number of fused-ring (bicyclic) bond motifs is 1. The van der Waals surface area contributed by atoms with Crippen LogP contribution in [-0.4, -0.2) is 53.4 Å². The maximum Gasteiger partial charge on any atom is 0.257 e. The molecule has 6 nitrogen and oxygen atoms in total. The van der Waals surface area contributed by atoms with Crippen molar-refractivity contribution in [1.29, 1.82) is 0 Å². The third-order valence-corrected chi connectivity index (χ3v) is 5.46. The van der Waals surface area contributed by atoms with E-state index in [1.54, 1.807) is 6.20 Å². The van der Waals surface area contributed by atoms with Crippen LogP contribution in [0.3, 0.4) is 0 Å². The van der Waals surface area contributed by atoms with Gasteiger partial charge in [0.2, 0.25) is 0 Å². The van der Waals surface area contributed by atoms with Crippen LogP contribution in [0.4, 0.5) is 8.78 Å². The molecule has 1 unspecified atom stereocenters. The molecule has 1 fully saturated rings. The Labute approximate surface area is 162 Å². The summed E-state index contributed by atoms with van der Waals surface area (Å²) in [6.45, 7) is 4.05. The van der Waals surface area contributed by atoms with Crippen molar-refractivity contribution in [2.24, 2.45) is 5.92 Å². The maximum absolute atomic E-state index is 13.7.